The lowest BCUT2D eigenvalue weighted by Crippen LogP contribution is -2.01. The van der Waals surface area contributed by atoms with E-state index in [2.05, 4.69) is 15.3 Å². The third kappa shape index (κ3) is 2.34. The van der Waals surface area contributed by atoms with Gasteiger partial charge in [-0.3, -0.25) is 0 Å². The molecule has 18 heavy (non-hydrogen) atoms. The number of aryl methyl sites for hydroxylation is 1. The van der Waals surface area contributed by atoms with Gasteiger partial charge in [-0.1, -0.05) is 18.2 Å². The largest absolute Gasteiger partial charge is 0.489 e. The Labute approximate surface area is 106 Å². The van der Waals surface area contributed by atoms with Gasteiger partial charge in [-0.05, 0) is 18.6 Å². The van der Waals surface area contributed by atoms with Crippen LogP contribution in [0.25, 0.3) is 0 Å². The Morgan fingerprint density at radius 1 is 1.17 bits per heavy atom. The van der Waals surface area contributed by atoms with E-state index < -0.39 is 0 Å². The van der Waals surface area contributed by atoms with Crippen LogP contribution in [0, 0.1) is 6.92 Å². The fraction of sp³-hybridized carbons (Fsp3) is 0.231. The Morgan fingerprint density at radius 2 is 1.94 bits per heavy atom. The quantitative estimate of drug-likeness (QED) is 0.897. The number of anilines is 1. The fourth-order valence-corrected chi connectivity index (χ4v) is 1.57. The first kappa shape index (κ1) is 12.2. The zero-order valence-corrected chi connectivity index (χ0v) is 10.6. The minimum absolute atomic E-state index is 0.395. The molecule has 1 heterocycles. The standard InChI is InChI=1S/C13H15N3O2/c1-9-6-4-5-7-10(9)18-13-11(17-3)12(14-2)15-8-16-13/h4-8H,1-3H3,(H,14,15,16). The molecule has 0 saturated heterocycles. The number of aromatic nitrogens is 2. The van der Waals surface area contributed by atoms with Gasteiger partial charge < -0.3 is 14.8 Å². The number of hydrogen-bond acceptors (Lipinski definition) is 5. The molecule has 0 unspecified atom stereocenters. The molecule has 1 aromatic heterocycles. The molecule has 1 aromatic carbocycles. The zero-order valence-electron chi connectivity index (χ0n) is 10.6. The summed E-state index contributed by atoms with van der Waals surface area (Å²) in [5.41, 5.74) is 1.03. The lowest BCUT2D eigenvalue weighted by molar-refractivity contribution is 0.368. The van der Waals surface area contributed by atoms with Crippen LogP contribution in [-0.4, -0.2) is 24.1 Å². The van der Waals surface area contributed by atoms with Gasteiger partial charge in [0, 0.05) is 7.05 Å². The summed E-state index contributed by atoms with van der Waals surface area (Å²) < 4.78 is 11.0. The molecule has 0 aliphatic carbocycles. The van der Waals surface area contributed by atoms with Crippen LogP contribution in [0.1, 0.15) is 5.56 Å². The molecule has 5 heteroatoms. The second-order valence-electron chi connectivity index (χ2n) is 3.68. The predicted molar refractivity (Wildman–Crippen MR) is 69.4 cm³/mol. The van der Waals surface area contributed by atoms with Gasteiger partial charge in [-0.2, -0.15) is 4.98 Å². The smallest absolute Gasteiger partial charge is 0.268 e. The van der Waals surface area contributed by atoms with E-state index in [1.807, 2.05) is 31.2 Å². The maximum atomic E-state index is 5.76. The average Bonchev–Trinajstić information content (AvgIpc) is 2.41. The van der Waals surface area contributed by atoms with Gasteiger partial charge in [0.15, 0.2) is 5.82 Å². The van der Waals surface area contributed by atoms with Crippen molar-refractivity contribution in [3.05, 3.63) is 36.2 Å². The SMILES string of the molecule is CNc1ncnc(Oc2ccccc2C)c1OC. The molecule has 0 amide bonds. The van der Waals surface area contributed by atoms with Gasteiger partial charge in [-0.25, -0.2) is 4.98 Å². The monoisotopic (exact) mass is 245 g/mol. The van der Waals surface area contributed by atoms with Crippen LogP contribution in [0.15, 0.2) is 30.6 Å². The van der Waals surface area contributed by atoms with Crippen molar-refractivity contribution in [3.8, 4) is 17.4 Å². The molecule has 0 aliphatic heterocycles. The molecule has 2 aromatic rings. The molecule has 94 valence electrons. The van der Waals surface area contributed by atoms with Crippen molar-refractivity contribution in [2.24, 2.45) is 0 Å². The molecule has 0 atom stereocenters. The highest BCUT2D eigenvalue weighted by atomic mass is 16.5. The Bertz CT molecular complexity index is 544. The average molecular weight is 245 g/mol. The molecule has 0 fully saturated rings. The van der Waals surface area contributed by atoms with E-state index >= 15 is 0 Å². The van der Waals surface area contributed by atoms with Gasteiger partial charge >= 0.3 is 0 Å². The highest BCUT2D eigenvalue weighted by molar-refractivity contribution is 5.55. The molecule has 2 rings (SSSR count). The summed E-state index contributed by atoms with van der Waals surface area (Å²) >= 11 is 0. The first-order chi connectivity index (χ1) is 8.76. The van der Waals surface area contributed by atoms with Gasteiger partial charge in [0.1, 0.15) is 12.1 Å². The molecule has 0 saturated carbocycles. The molecule has 5 nitrogen and oxygen atoms in total. The van der Waals surface area contributed by atoms with Crippen LogP contribution < -0.4 is 14.8 Å². The van der Waals surface area contributed by atoms with Gasteiger partial charge in [0.05, 0.1) is 7.11 Å². The van der Waals surface area contributed by atoms with E-state index in [0.717, 1.165) is 11.3 Å². The molecular formula is C13H15N3O2. The van der Waals surface area contributed by atoms with Crippen LogP contribution in [0.5, 0.6) is 17.4 Å². The number of hydrogen-bond donors (Lipinski definition) is 1. The van der Waals surface area contributed by atoms with E-state index in [0.29, 0.717) is 17.4 Å². The number of methoxy groups -OCH3 is 1. The molecule has 0 spiro atoms. The fourth-order valence-electron chi connectivity index (χ4n) is 1.57. The molecule has 0 aliphatic rings. The molecule has 0 radical (unpaired) electrons. The van der Waals surface area contributed by atoms with E-state index in [1.165, 1.54) is 6.33 Å². The van der Waals surface area contributed by atoms with E-state index in [9.17, 15) is 0 Å². The lowest BCUT2D eigenvalue weighted by Gasteiger charge is -2.12. The van der Waals surface area contributed by atoms with Gasteiger partial charge in [-0.15, -0.1) is 0 Å². The zero-order chi connectivity index (χ0) is 13.0. The number of para-hydroxylation sites is 1. The van der Waals surface area contributed by atoms with Crippen LogP contribution in [0.4, 0.5) is 5.82 Å². The summed E-state index contributed by atoms with van der Waals surface area (Å²) in [7, 11) is 3.33. The van der Waals surface area contributed by atoms with Crippen LogP contribution in [0.2, 0.25) is 0 Å². The van der Waals surface area contributed by atoms with E-state index in [4.69, 9.17) is 9.47 Å². The minimum atomic E-state index is 0.395. The van der Waals surface area contributed by atoms with Crippen molar-refractivity contribution >= 4 is 5.82 Å². The maximum absolute atomic E-state index is 5.76. The van der Waals surface area contributed by atoms with Crippen molar-refractivity contribution in [2.45, 2.75) is 6.92 Å². The topological polar surface area (TPSA) is 56.3 Å². The summed E-state index contributed by atoms with van der Waals surface area (Å²) in [6.07, 6.45) is 1.43. The number of benzene rings is 1. The van der Waals surface area contributed by atoms with Crippen LogP contribution >= 0.6 is 0 Å². The Morgan fingerprint density at radius 3 is 2.61 bits per heavy atom. The maximum Gasteiger partial charge on any atom is 0.268 e. The highest BCUT2D eigenvalue weighted by Gasteiger charge is 2.13. The van der Waals surface area contributed by atoms with E-state index in [1.54, 1.807) is 14.2 Å². The number of nitrogens with one attached hydrogen (secondary N) is 1. The lowest BCUT2D eigenvalue weighted by atomic mass is 10.2. The second kappa shape index (κ2) is 5.35. The third-order valence-corrected chi connectivity index (χ3v) is 2.51. The Kier molecular flexibility index (Phi) is 3.62. The molecular weight excluding hydrogens is 230 g/mol. The van der Waals surface area contributed by atoms with Crippen molar-refractivity contribution in [2.75, 3.05) is 19.5 Å². The number of ether oxygens (including phenoxy) is 2. The number of nitrogens with zero attached hydrogens (tertiary/aromatic N) is 2. The van der Waals surface area contributed by atoms with Gasteiger partial charge in [0.2, 0.25) is 5.75 Å². The minimum Gasteiger partial charge on any atom is -0.489 e. The van der Waals surface area contributed by atoms with Crippen molar-refractivity contribution in [1.29, 1.82) is 0 Å². The van der Waals surface area contributed by atoms with Gasteiger partial charge in [0.25, 0.3) is 5.88 Å². The third-order valence-electron chi connectivity index (χ3n) is 2.51. The van der Waals surface area contributed by atoms with Crippen LogP contribution in [-0.2, 0) is 0 Å². The Hall–Kier alpha value is -2.30. The summed E-state index contributed by atoms with van der Waals surface area (Å²) in [6.45, 7) is 1.97. The summed E-state index contributed by atoms with van der Waals surface area (Å²) in [4.78, 5) is 8.16. The van der Waals surface area contributed by atoms with Crippen molar-refractivity contribution < 1.29 is 9.47 Å². The van der Waals surface area contributed by atoms with E-state index in [-0.39, 0.29) is 0 Å². The first-order valence-corrected chi connectivity index (χ1v) is 5.56. The van der Waals surface area contributed by atoms with Crippen LogP contribution in [0.3, 0.4) is 0 Å². The van der Waals surface area contributed by atoms with Crippen molar-refractivity contribution in [1.82, 2.24) is 9.97 Å². The normalized spacial score (nSPS) is 9.94. The predicted octanol–water partition coefficient (Wildman–Crippen LogP) is 2.63. The summed E-state index contributed by atoms with van der Waals surface area (Å²) in [6, 6.07) is 7.73. The highest BCUT2D eigenvalue weighted by Crippen LogP contribution is 2.34. The number of rotatable bonds is 4. The summed E-state index contributed by atoms with van der Waals surface area (Å²) in [5.74, 6) is 2.22. The van der Waals surface area contributed by atoms with Crippen molar-refractivity contribution in [3.63, 3.8) is 0 Å². The summed E-state index contributed by atoms with van der Waals surface area (Å²) in [5, 5.41) is 2.93. The Balaban J connectivity index is 2.37. The molecule has 0 bridgehead atoms. The first-order valence-electron chi connectivity index (χ1n) is 5.56. The molecule has 1 N–H and O–H groups in total. The second-order valence-corrected chi connectivity index (χ2v) is 3.68.